The van der Waals surface area contributed by atoms with Gasteiger partial charge in [-0.2, -0.15) is 0 Å². The number of hydrogen-bond donors (Lipinski definition) is 1. The molecule has 118 valence electrons. The summed E-state index contributed by atoms with van der Waals surface area (Å²) in [6, 6.07) is 5.92. The van der Waals surface area contributed by atoms with Gasteiger partial charge in [0.15, 0.2) is 0 Å². The van der Waals surface area contributed by atoms with Crippen LogP contribution in [0.25, 0.3) is 0 Å². The monoisotopic (exact) mass is 327 g/mol. The van der Waals surface area contributed by atoms with E-state index in [2.05, 4.69) is 25.2 Å². The Balaban J connectivity index is 2.20. The Morgan fingerprint density at radius 2 is 2.00 bits per heavy atom. The van der Waals surface area contributed by atoms with Crippen LogP contribution in [0.5, 0.6) is 0 Å². The van der Waals surface area contributed by atoms with Crippen LogP contribution in [0.1, 0.15) is 57.4 Å². The van der Waals surface area contributed by atoms with E-state index in [1.807, 2.05) is 12.1 Å². The van der Waals surface area contributed by atoms with Gasteiger partial charge in [-0.25, -0.2) is 0 Å². The molecule has 2 rings (SSSR count). The summed E-state index contributed by atoms with van der Waals surface area (Å²) < 4.78 is 0. The Labute approximate surface area is 139 Å². The van der Waals surface area contributed by atoms with Gasteiger partial charge in [0.05, 0.1) is 0 Å². The molecule has 0 bridgehead atoms. The summed E-state index contributed by atoms with van der Waals surface area (Å²) in [5.41, 5.74) is 1.26. The van der Waals surface area contributed by atoms with Crippen LogP contribution >= 0.6 is 23.2 Å². The van der Waals surface area contributed by atoms with E-state index < -0.39 is 0 Å². The molecule has 0 saturated heterocycles. The van der Waals surface area contributed by atoms with Crippen molar-refractivity contribution in [2.75, 3.05) is 13.1 Å². The molecule has 21 heavy (non-hydrogen) atoms. The van der Waals surface area contributed by atoms with E-state index in [0.717, 1.165) is 29.1 Å². The molecule has 1 aliphatic carbocycles. The number of benzene rings is 1. The summed E-state index contributed by atoms with van der Waals surface area (Å²) in [4.78, 5) is 0. The van der Waals surface area contributed by atoms with Crippen LogP contribution in [0.15, 0.2) is 18.2 Å². The molecule has 0 aromatic heterocycles. The minimum absolute atomic E-state index is 0.542. The lowest BCUT2D eigenvalue weighted by molar-refractivity contribution is 0.221. The number of rotatable bonds is 6. The molecular formula is C18H27Cl2N. The lowest BCUT2D eigenvalue weighted by Gasteiger charge is -2.37. The van der Waals surface area contributed by atoms with Gasteiger partial charge in [0.1, 0.15) is 0 Å². The van der Waals surface area contributed by atoms with Gasteiger partial charge in [0.25, 0.3) is 0 Å². The summed E-state index contributed by atoms with van der Waals surface area (Å²) in [6.45, 7) is 6.57. The van der Waals surface area contributed by atoms with Gasteiger partial charge in [0, 0.05) is 10.0 Å². The molecule has 0 amide bonds. The Morgan fingerprint density at radius 1 is 1.19 bits per heavy atom. The molecule has 1 fully saturated rings. The highest BCUT2D eigenvalue weighted by Gasteiger charge is 2.32. The normalized spacial score (nSPS) is 26.0. The average molecular weight is 328 g/mol. The Morgan fingerprint density at radius 3 is 2.71 bits per heavy atom. The molecule has 0 radical (unpaired) electrons. The maximum Gasteiger partial charge on any atom is 0.0441 e. The molecule has 0 heterocycles. The first-order valence-corrected chi connectivity index (χ1v) is 9.06. The van der Waals surface area contributed by atoms with Crippen LogP contribution in [-0.4, -0.2) is 13.1 Å². The zero-order valence-electron chi connectivity index (χ0n) is 13.2. The summed E-state index contributed by atoms with van der Waals surface area (Å²) in [5.74, 6) is 2.06. The van der Waals surface area contributed by atoms with Gasteiger partial charge in [-0.05, 0) is 67.4 Å². The van der Waals surface area contributed by atoms with E-state index in [9.17, 15) is 0 Å². The van der Waals surface area contributed by atoms with Crippen LogP contribution < -0.4 is 5.32 Å². The fraction of sp³-hybridized carbons (Fsp3) is 0.667. The predicted octanol–water partition coefficient (Wildman–Crippen LogP) is 5.90. The highest BCUT2D eigenvalue weighted by Crippen LogP contribution is 2.44. The van der Waals surface area contributed by atoms with Crippen molar-refractivity contribution in [1.29, 1.82) is 0 Å². The van der Waals surface area contributed by atoms with E-state index in [4.69, 9.17) is 23.2 Å². The molecule has 0 aliphatic heterocycles. The Kier molecular flexibility index (Phi) is 6.85. The molecule has 1 N–H and O–H groups in total. The molecule has 3 unspecified atom stereocenters. The van der Waals surface area contributed by atoms with Crippen molar-refractivity contribution in [3.8, 4) is 0 Å². The topological polar surface area (TPSA) is 12.0 Å². The van der Waals surface area contributed by atoms with Gasteiger partial charge in [-0.3, -0.25) is 0 Å². The van der Waals surface area contributed by atoms with Gasteiger partial charge in [-0.1, -0.05) is 56.3 Å². The van der Waals surface area contributed by atoms with Crippen molar-refractivity contribution in [1.82, 2.24) is 5.32 Å². The maximum atomic E-state index is 6.47. The van der Waals surface area contributed by atoms with Gasteiger partial charge in [-0.15, -0.1) is 0 Å². The minimum Gasteiger partial charge on any atom is -0.317 e. The lowest BCUT2D eigenvalue weighted by Crippen LogP contribution is -2.32. The number of hydrogen-bond acceptors (Lipinski definition) is 1. The van der Waals surface area contributed by atoms with E-state index in [0.29, 0.717) is 11.8 Å². The fourth-order valence-electron chi connectivity index (χ4n) is 3.74. The molecule has 1 aliphatic rings. The molecule has 0 spiro atoms. The Bertz CT molecular complexity index is 447. The van der Waals surface area contributed by atoms with Gasteiger partial charge >= 0.3 is 0 Å². The summed E-state index contributed by atoms with van der Waals surface area (Å²) in [5, 5.41) is 5.20. The van der Waals surface area contributed by atoms with Crippen LogP contribution in [0.3, 0.4) is 0 Å². The second-order valence-corrected chi connectivity index (χ2v) is 7.15. The third kappa shape index (κ3) is 4.61. The molecule has 1 aromatic rings. The van der Waals surface area contributed by atoms with Crippen molar-refractivity contribution < 1.29 is 0 Å². The zero-order valence-corrected chi connectivity index (χ0v) is 14.7. The summed E-state index contributed by atoms with van der Waals surface area (Å²) in [6.07, 6.45) is 6.52. The second kappa shape index (κ2) is 8.41. The molecular weight excluding hydrogens is 301 g/mol. The lowest BCUT2D eigenvalue weighted by atomic mass is 9.70. The van der Waals surface area contributed by atoms with Crippen LogP contribution in [0.4, 0.5) is 0 Å². The first-order chi connectivity index (χ1) is 10.2. The van der Waals surface area contributed by atoms with Crippen molar-refractivity contribution >= 4 is 23.2 Å². The summed E-state index contributed by atoms with van der Waals surface area (Å²) in [7, 11) is 0. The van der Waals surface area contributed by atoms with E-state index in [-0.39, 0.29) is 0 Å². The average Bonchev–Trinajstić information content (AvgIpc) is 2.48. The first kappa shape index (κ1) is 17.1. The largest absolute Gasteiger partial charge is 0.317 e. The highest BCUT2D eigenvalue weighted by molar-refractivity contribution is 6.33. The number of halogens is 2. The van der Waals surface area contributed by atoms with E-state index in [1.54, 1.807) is 0 Å². The molecule has 3 heteroatoms. The van der Waals surface area contributed by atoms with Crippen molar-refractivity contribution in [3.63, 3.8) is 0 Å². The van der Waals surface area contributed by atoms with Crippen molar-refractivity contribution in [3.05, 3.63) is 33.8 Å². The Hall–Kier alpha value is -0.240. The fourth-order valence-corrected chi connectivity index (χ4v) is 4.18. The standard InChI is InChI=1S/C18H27Cl2N/c1-3-5-13-6-7-14(12-21-4-2)16(10-13)17-11-15(19)8-9-18(17)20/h8-9,11,13-14,16,21H,3-7,10,12H2,1-2H3. The van der Waals surface area contributed by atoms with Crippen LogP contribution in [0.2, 0.25) is 10.0 Å². The molecule has 1 saturated carbocycles. The highest BCUT2D eigenvalue weighted by atomic mass is 35.5. The van der Waals surface area contributed by atoms with E-state index >= 15 is 0 Å². The predicted molar refractivity (Wildman–Crippen MR) is 93.5 cm³/mol. The third-order valence-electron chi connectivity index (χ3n) is 4.81. The van der Waals surface area contributed by atoms with Crippen LogP contribution in [-0.2, 0) is 0 Å². The second-order valence-electron chi connectivity index (χ2n) is 6.31. The van der Waals surface area contributed by atoms with E-state index in [1.165, 1.54) is 37.7 Å². The minimum atomic E-state index is 0.542. The first-order valence-electron chi connectivity index (χ1n) is 8.31. The quantitative estimate of drug-likeness (QED) is 0.685. The van der Waals surface area contributed by atoms with Gasteiger partial charge in [0.2, 0.25) is 0 Å². The maximum absolute atomic E-state index is 6.47. The van der Waals surface area contributed by atoms with Crippen LogP contribution in [0, 0.1) is 11.8 Å². The van der Waals surface area contributed by atoms with Crippen molar-refractivity contribution in [2.45, 2.75) is 51.9 Å². The number of nitrogens with one attached hydrogen (secondary N) is 1. The smallest absolute Gasteiger partial charge is 0.0441 e. The van der Waals surface area contributed by atoms with Gasteiger partial charge < -0.3 is 5.32 Å². The SMILES string of the molecule is CCCC1CCC(CNCC)C(c2cc(Cl)ccc2Cl)C1. The molecule has 3 atom stereocenters. The molecule has 1 nitrogen and oxygen atoms in total. The summed E-state index contributed by atoms with van der Waals surface area (Å²) >= 11 is 12.7. The molecule has 1 aromatic carbocycles. The zero-order chi connectivity index (χ0) is 15.2. The third-order valence-corrected chi connectivity index (χ3v) is 5.39. The van der Waals surface area contributed by atoms with Crippen molar-refractivity contribution in [2.24, 2.45) is 11.8 Å².